The Labute approximate surface area is 163 Å². The summed E-state index contributed by atoms with van der Waals surface area (Å²) >= 11 is 0. The molecule has 2 bridgehead atoms. The van der Waals surface area contributed by atoms with Gasteiger partial charge in [-0.05, 0) is 48.2 Å². The lowest BCUT2D eigenvalue weighted by Crippen LogP contribution is -2.45. The maximum atomic E-state index is 13.4. The minimum Gasteiger partial charge on any atom is -0.374 e. The summed E-state index contributed by atoms with van der Waals surface area (Å²) < 4.78 is 39.4. The highest BCUT2D eigenvalue weighted by Gasteiger charge is 2.47. The van der Waals surface area contributed by atoms with Gasteiger partial charge in [-0.15, -0.1) is 0 Å². The van der Waals surface area contributed by atoms with Gasteiger partial charge in [-0.3, -0.25) is 4.79 Å². The molecule has 1 unspecified atom stereocenters. The van der Waals surface area contributed by atoms with Crippen molar-refractivity contribution < 1.29 is 23.0 Å². The lowest BCUT2D eigenvalue weighted by molar-refractivity contribution is -0.157. The summed E-state index contributed by atoms with van der Waals surface area (Å²) in [7, 11) is 0. The van der Waals surface area contributed by atoms with Gasteiger partial charge < -0.3 is 9.47 Å². The standard InChI is InChI=1S/C23H24F2O3/c1-2-19(26)22-20-12-11-18(27-20)13-21(22)28-23(14-3-7-16(24)8-4-14)15-5-9-17(25)10-6-15/h3-10,18,20-23H,2,11-13H2,1H3/t18?,20-,21-,22-/m1/s1. The van der Waals surface area contributed by atoms with Crippen molar-refractivity contribution in [1.29, 1.82) is 0 Å². The second kappa shape index (κ2) is 8.10. The fraction of sp³-hybridized carbons (Fsp3) is 0.435. The van der Waals surface area contributed by atoms with Crippen LogP contribution in [-0.4, -0.2) is 24.1 Å². The molecule has 4 rings (SSSR count). The van der Waals surface area contributed by atoms with Gasteiger partial charge in [0.1, 0.15) is 23.5 Å². The molecule has 2 aliphatic heterocycles. The van der Waals surface area contributed by atoms with Crippen LogP contribution in [0.1, 0.15) is 49.8 Å². The lowest BCUT2D eigenvalue weighted by Gasteiger charge is -2.38. The minimum absolute atomic E-state index is 0.0988. The molecule has 0 N–H and O–H groups in total. The molecule has 3 nitrogen and oxygen atoms in total. The van der Waals surface area contributed by atoms with Crippen LogP contribution in [0.5, 0.6) is 0 Å². The van der Waals surface area contributed by atoms with Crippen LogP contribution >= 0.6 is 0 Å². The number of ether oxygens (including phenoxy) is 2. The van der Waals surface area contributed by atoms with E-state index in [1.807, 2.05) is 6.92 Å². The average molecular weight is 386 g/mol. The zero-order valence-corrected chi connectivity index (χ0v) is 15.8. The molecule has 0 spiro atoms. The topological polar surface area (TPSA) is 35.5 Å². The Hall–Kier alpha value is -2.11. The number of ketones is 1. The van der Waals surface area contributed by atoms with Gasteiger partial charge in [0.15, 0.2) is 0 Å². The Morgan fingerprint density at radius 3 is 2.14 bits per heavy atom. The second-order valence-electron chi connectivity index (χ2n) is 7.61. The van der Waals surface area contributed by atoms with Crippen LogP contribution in [0.25, 0.3) is 0 Å². The van der Waals surface area contributed by atoms with Crippen LogP contribution in [0.4, 0.5) is 8.78 Å². The third kappa shape index (κ3) is 3.87. The number of halogens is 2. The van der Waals surface area contributed by atoms with Crippen molar-refractivity contribution in [2.75, 3.05) is 0 Å². The summed E-state index contributed by atoms with van der Waals surface area (Å²) in [5.41, 5.74) is 1.55. The van der Waals surface area contributed by atoms with Crippen LogP contribution < -0.4 is 0 Å². The molecule has 2 aliphatic rings. The van der Waals surface area contributed by atoms with Gasteiger partial charge in [0, 0.05) is 12.8 Å². The Balaban J connectivity index is 1.67. The predicted molar refractivity (Wildman–Crippen MR) is 101 cm³/mol. The summed E-state index contributed by atoms with van der Waals surface area (Å²) in [4.78, 5) is 12.6. The smallest absolute Gasteiger partial charge is 0.140 e. The maximum absolute atomic E-state index is 13.4. The number of hydrogen-bond acceptors (Lipinski definition) is 3. The first kappa shape index (κ1) is 19.2. The van der Waals surface area contributed by atoms with E-state index in [0.717, 1.165) is 24.0 Å². The van der Waals surface area contributed by atoms with E-state index in [4.69, 9.17) is 9.47 Å². The van der Waals surface area contributed by atoms with Gasteiger partial charge in [-0.1, -0.05) is 31.2 Å². The molecular formula is C23H24F2O3. The highest BCUT2D eigenvalue weighted by atomic mass is 19.1. The molecule has 148 valence electrons. The fourth-order valence-electron chi connectivity index (χ4n) is 4.41. The minimum atomic E-state index is -0.504. The van der Waals surface area contributed by atoms with Crippen molar-refractivity contribution >= 4 is 5.78 Å². The van der Waals surface area contributed by atoms with E-state index in [1.54, 1.807) is 24.3 Å². The molecule has 0 saturated carbocycles. The van der Waals surface area contributed by atoms with Crippen molar-refractivity contribution in [2.24, 2.45) is 5.92 Å². The largest absolute Gasteiger partial charge is 0.374 e. The highest BCUT2D eigenvalue weighted by molar-refractivity contribution is 5.82. The van der Waals surface area contributed by atoms with Crippen LogP contribution in [-0.2, 0) is 14.3 Å². The average Bonchev–Trinajstić information content (AvgIpc) is 3.08. The first-order valence-electron chi connectivity index (χ1n) is 9.89. The van der Waals surface area contributed by atoms with Crippen molar-refractivity contribution in [3.63, 3.8) is 0 Å². The van der Waals surface area contributed by atoms with E-state index in [2.05, 4.69) is 0 Å². The molecule has 4 atom stereocenters. The predicted octanol–water partition coefficient (Wildman–Crippen LogP) is 4.99. The molecule has 2 aromatic rings. The highest BCUT2D eigenvalue weighted by Crippen LogP contribution is 2.41. The Morgan fingerprint density at radius 1 is 1.04 bits per heavy atom. The quantitative estimate of drug-likeness (QED) is 0.702. The summed E-state index contributed by atoms with van der Waals surface area (Å²) in [6, 6.07) is 12.2. The number of rotatable bonds is 6. The Morgan fingerprint density at radius 2 is 1.61 bits per heavy atom. The van der Waals surface area contributed by atoms with E-state index >= 15 is 0 Å². The Kier molecular flexibility index (Phi) is 5.56. The maximum Gasteiger partial charge on any atom is 0.140 e. The second-order valence-corrected chi connectivity index (χ2v) is 7.61. The van der Waals surface area contributed by atoms with Gasteiger partial charge in [0.2, 0.25) is 0 Å². The Bertz CT molecular complexity index is 773. The molecule has 5 heteroatoms. The van der Waals surface area contributed by atoms with Gasteiger partial charge >= 0.3 is 0 Å². The molecule has 2 aromatic carbocycles. The summed E-state index contributed by atoms with van der Waals surface area (Å²) in [6.45, 7) is 1.86. The number of hydrogen-bond donors (Lipinski definition) is 0. The van der Waals surface area contributed by atoms with Gasteiger partial charge in [-0.2, -0.15) is 0 Å². The molecule has 2 heterocycles. The number of Topliss-reactive ketones (excluding diaryl/α,β-unsaturated/α-hetero) is 1. The fourth-order valence-corrected chi connectivity index (χ4v) is 4.41. The van der Waals surface area contributed by atoms with Crippen molar-refractivity contribution in [2.45, 2.75) is 57.0 Å². The molecule has 2 fully saturated rings. The summed E-state index contributed by atoms with van der Waals surface area (Å²) in [6.07, 6.45) is 2.14. The third-order valence-electron chi connectivity index (χ3n) is 5.81. The monoisotopic (exact) mass is 386 g/mol. The van der Waals surface area contributed by atoms with Gasteiger partial charge in [-0.25, -0.2) is 8.78 Å². The SMILES string of the molecule is CCC(=O)[C@@H]1[C@H]2CCC(C[C@H]1OC(c1ccc(F)cc1)c1ccc(F)cc1)O2. The molecule has 2 saturated heterocycles. The lowest BCUT2D eigenvalue weighted by atomic mass is 9.86. The van der Waals surface area contributed by atoms with E-state index in [9.17, 15) is 13.6 Å². The molecule has 0 aliphatic carbocycles. The van der Waals surface area contributed by atoms with Gasteiger partial charge in [0.25, 0.3) is 0 Å². The molecule has 0 amide bonds. The van der Waals surface area contributed by atoms with E-state index in [1.165, 1.54) is 24.3 Å². The molecule has 0 radical (unpaired) electrons. The summed E-state index contributed by atoms with van der Waals surface area (Å²) in [5, 5.41) is 0. The third-order valence-corrected chi connectivity index (χ3v) is 5.81. The van der Waals surface area contributed by atoms with Gasteiger partial charge in [0.05, 0.1) is 24.2 Å². The van der Waals surface area contributed by atoms with Crippen molar-refractivity contribution in [3.05, 3.63) is 71.3 Å². The van der Waals surface area contributed by atoms with Crippen LogP contribution in [0.2, 0.25) is 0 Å². The number of carbonyl (C=O) groups is 1. The van der Waals surface area contributed by atoms with Crippen molar-refractivity contribution in [3.8, 4) is 0 Å². The normalized spacial score (nSPS) is 26.6. The van der Waals surface area contributed by atoms with Crippen molar-refractivity contribution in [1.82, 2.24) is 0 Å². The number of carbonyl (C=O) groups excluding carboxylic acids is 1. The van der Waals surface area contributed by atoms with Crippen LogP contribution in [0.15, 0.2) is 48.5 Å². The molecule has 28 heavy (non-hydrogen) atoms. The number of fused-ring (bicyclic) bond motifs is 2. The number of benzene rings is 2. The van der Waals surface area contributed by atoms with Crippen LogP contribution in [0.3, 0.4) is 0 Å². The van der Waals surface area contributed by atoms with Crippen LogP contribution in [0, 0.1) is 17.6 Å². The molecule has 0 aromatic heterocycles. The first-order valence-corrected chi connectivity index (χ1v) is 9.89. The zero-order chi connectivity index (χ0) is 19.7. The first-order chi connectivity index (χ1) is 13.5. The molecular weight excluding hydrogens is 362 g/mol. The zero-order valence-electron chi connectivity index (χ0n) is 15.8. The van der Waals surface area contributed by atoms with E-state index < -0.39 is 6.10 Å². The van der Waals surface area contributed by atoms with E-state index in [-0.39, 0.29) is 41.6 Å². The summed E-state index contributed by atoms with van der Waals surface area (Å²) in [5.74, 6) is -0.811. The van der Waals surface area contributed by atoms with E-state index in [0.29, 0.717) is 12.8 Å².